The van der Waals surface area contributed by atoms with Crippen LogP contribution < -0.4 is 5.73 Å². The van der Waals surface area contributed by atoms with Crippen molar-refractivity contribution < 1.29 is 4.79 Å². The van der Waals surface area contributed by atoms with Crippen LogP contribution in [0.5, 0.6) is 0 Å². The Balaban J connectivity index is 1.86. The molecule has 0 aromatic heterocycles. The van der Waals surface area contributed by atoms with Gasteiger partial charge in [-0.2, -0.15) is 0 Å². The van der Waals surface area contributed by atoms with Gasteiger partial charge in [0.05, 0.1) is 6.54 Å². The zero-order valence-corrected chi connectivity index (χ0v) is 12.5. The van der Waals surface area contributed by atoms with E-state index in [0.29, 0.717) is 12.5 Å². The van der Waals surface area contributed by atoms with Gasteiger partial charge in [0, 0.05) is 32.7 Å². The molecule has 0 bridgehead atoms. The fourth-order valence-corrected chi connectivity index (χ4v) is 2.63. The molecule has 110 valence electrons. The van der Waals surface area contributed by atoms with Crippen LogP contribution in [0.4, 0.5) is 0 Å². The van der Waals surface area contributed by atoms with Gasteiger partial charge in [-0.25, -0.2) is 0 Å². The van der Waals surface area contributed by atoms with Crippen molar-refractivity contribution in [2.75, 3.05) is 32.7 Å². The van der Waals surface area contributed by atoms with E-state index in [-0.39, 0.29) is 5.91 Å². The normalized spacial score (nSPS) is 17.6. The lowest BCUT2D eigenvalue weighted by atomic mass is 10.0. The van der Waals surface area contributed by atoms with E-state index in [2.05, 4.69) is 47.9 Å². The summed E-state index contributed by atoms with van der Waals surface area (Å²) in [5.41, 5.74) is 8.00. The number of nitrogens with zero attached hydrogens (tertiary/aromatic N) is 2. The molecule has 2 N–H and O–H groups in total. The van der Waals surface area contributed by atoms with Crippen molar-refractivity contribution in [2.24, 2.45) is 5.73 Å². The molecule has 20 heavy (non-hydrogen) atoms. The topological polar surface area (TPSA) is 49.6 Å². The van der Waals surface area contributed by atoms with Crippen LogP contribution >= 0.6 is 0 Å². The van der Waals surface area contributed by atoms with Gasteiger partial charge in [0.25, 0.3) is 0 Å². The number of piperazine rings is 1. The third-order valence-corrected chi connectivity index (χ3v) is 3.87. The predicted octanol–water partition coefficient (Wildman–Crippen LogP) is 1.41. The largest absolute Gasteiger partial charge is 0.369 e. The van der Waals surface area contributed by atoms with Crippen LogP contribution in [0.1, 0.15) is 30.9 Å². The molecule has 0 aliphatic carbocycles. The lowest BCUT2D eigenvalue weighted by Gasteiger charge is -2.34. The molecular weight excluding hydrogens is 250 g/mol. The molecule has 1 aromatic carbocycles. The van der Waals surface area contributed by atoms with Gasteiger partial charge < -0.3 is 5.73 Å². The Morgan fingerprint density at radius 1 is 1.20 bits per heavy atom. The van der Waals surface area contributed by atoms with Crippen LogP contribution in [0.25, 0.3) is 0 Å². The first-order valence-corrected chi connectivity index (χ1v) is 7.36. The summed E-state index contributed by atoms with van der Waals surface area (Å²) >= 11 is 0. The van der Waals surface area contributed by atoms with Crippen LogP contribution in [-0.4, -0.2) is 48.4 Å². The highest BCUT2D eigenvalue weighted by Crippen LogP contribution is 2.17. The van der Waals surface area contributed by atoms with Crippen molar-refractivity contribution >= 4 is 5.91 Å². The molecule has 2 rings (SSSR count). The summed E-state index contributed by atoms with van der Waals surface area (Å²) in [6.45, 7) is 9.67. The summed E-state index contributed by atoms with van der Waals surface area (Å²) in [7, 11) is 0. The number of nitrogens with two attached hydrogens (primary N) is 1. The van der Waals surface area contributed by atoms with Crippen molar-refractivity contribution in [3.8, 4) is 0 Å². The minimum atomic E-state index is -0.233. The molecule has 0 atom stereocenters. The number of benzene rings is 1. The van der Waals surface area contributed by atoms with Crippen molar-refractivity contribution in [3.63, 3.8) is 0 Å². The second-order valence-electron chi connectivity index (χ2n) is 5.92. The fourth-order valence-electron chi connectivity index (χ4n) is 2.63. The van der Waals surface area contributed by atoms with Crippen LogP contribution in [0.15, 0.2) is 24.3 Å². The summed E-state index contributed by atoms with van der Waals surface area (Å²) in [6.07, 6.45) is 0. The third kappa shape index (κ3) is 4.32. The average molecular weight is 275 g/mol. The van der Waals surface area contributed by atoms with E-state index in [0.717, 1.165) is 32.7 Å². The van der Waals surface area contributed by atoms with E-state index in [4.69, 9.17) is 5.73 Å². The van der Waals surface area contributed by atoms with Gasteiger partial charge in [0.2, 0.25) is 5.91 Å². The Bertz CT molecular complexity index is 451. The molecule has 4 nitrogen and oxygen atoms in total. The van der Waals surface area contributed by atoms with E-state index in [1.54, 1.807) is 0 Å². The van der Waals surface area contributed by atoms with Crippen LogP contribution in [0.2, 0.25) is 0 Å². The average Bonchev–Trinajstić information content (AvgIpc) is 2.41. The quantitative estimate of drug-likeness (QED) is 0.884. The number of carbonyl (C=O) groups excluding carboxylic acids is 1. The van der Waals surface area contributed by atoms with Crippen molar-refractivity contribution in [3.05, 3.63) is 35.4 Å². The standard InChI is InChI=1S/C16H25N3O/c1-13(2)15-5-3-4-14(10-15)11-18-6-8-19(9-7-18)12-16(17)20/h3-5,10,13H,6-9,11-12H2,1-2H3,(H2,17,20). The highest BCUT2D eigenvalue weighted by molar-refractivity contribution is 5.75. The van der Waals surface area contributed by atoms with E-state index < -0.39 is 0 Å². The molecule has 4 heteroatoms. The Hall–Kier alpha value is -1.39. The van der Waals surface area contributed by atoms with Gasteiger partial charge >= 0.3 is 0 Å². The van der Waals surface area contributed by atoms with Crippen LogP contribution in [0, 0.1) is 0 Å². The molecule has 1 saturated heterocycles. The lowest BCUT2D eigenvalue weighted by Crippen LogP contribution is -2.48. The number of amides is 1. The molecule has 0 radical (unpaired) electrons. The first kappa shape index (κ1) is 15.0. The van der Waals surface area contributed by atoms with E-state index in [1.165, 1.54) is 11.1 Å². The first-order valence-electron chi connectivity index (χ1n) is 7.36. The van der Waals surface area contributed by atoms with Crippen LogP contribution in [0.3, 0.4) is 0 Å². The highest BCUT2D eigenvalue weighted by atomic mass is 16.1. The molecule has 1 aliphatic rings. The minimum Gasteiger partial charge on any atom is -0.369 e. The predicted molar refractivity (Wildman–Crippen MR) is 81.4 cm³/mol. The molecule has 0 unspecified atom stereocenters. The second kappa shape index (κ2) is 6.86. The summed E-state index contributed by atoms with van der Waals surface area (Å²) < 4.78 is 0. The molecule has 1 heterocycles. The Labute approximate surface area is 121 Å². The monoisotopic (exact) mass is 275 g/mol. The fraction of sp³-hybridized carbons (Fsp3) is 0.562. The van der Waals surface area contributed by atoms with Gasteiger partial charge in [-0.3, -0.25) is 14.6 Å². The minimum absolute atomic E-state index is 0.233. The molecule has 1 amide bonds. The van der Waals surface area contributed by atoms with Crippen LogP contribution in [-0.2, 0) is 11.3 Å². The highest BCUT2D eigenvalue weighted by Gasteiger charge is 2.18. The van der Waals surface area contributed by atoms with Gasteiger partial charge in [-0.05, 0) is 17.0 Å². The lowest BCUT2D eigenvalue weighted by molar-refractivity contribution is -0.119. The Kier molecular flexibility index (Phi) is 5.15. The summed E-state index contributed by atoms with van der Waals surface area (Å²) in [4.78, 5) is 15.5. The van der Waals surface area contributed by atoms with Crippen molar-refractivity contribution in [1.29, 1.82) is 0 Å². The Morgan fingerprint density at radius 3 is 2.45 bits per heavy atom. The Morgan fingerprint density at radius 2 is 1.85 bits per heavy atom. The number of hydrogen-bond donors (Lipinski definition) is 1. The van der Waals surface area contributed by atoms with E-state index in [9.17, 15) is 4.79 Å². The molecule has 1 aliphatic heterocycles. The van der Waals surface area contributed by atoms with Crippen molar-refractivity contribution in [2.45, 2.75) is 26.3 Å². The SMILES string of the molecule is CC(C)c1cccc(CN2CCN(CC(N)=O)CC2)c1. The number of rotatable bonds is 5. The molecule has 1 fully saturated rings. The van der Waals surface area contributed by atoms with Gasteiger partial charge in [-0.15, -0.1) is 0 Å². The number of carbonyl (C=O) groups is 1. The summed E-state index contributed by atoms with van der Waals surface area (Å²) in [6, 6.07) is 8.84. The molecule has 0 saturated carbocycles. The van der Waals surface area contributed by atoms with Gasteiger partial charge in [-0.1, -0.05) is 38.1 Å². The second-order valence-corrected chi connectivity index (χ2v) is 5.92. The van der Waals surface area contributed by atoms with E-state index in [1.807, 2.05) is 0 Å². The molecular formula is C16H25N3O. The zero-order chi connectivity index (χ0) is 14.5. The first-order chi connectivity index (χ1) is 9.54. The molecule has 0 spiro atoms. The zero-order valence-electron chi connectivity index (χ0n) is 12.5. The number of hydrogen-bond acceptors (Lipinski definition) is 3. The molecule has 1 aromatic rings. The van der Waals surface area contributed by atoms with Gasteiger partial charge in [0.15, 0.2) is 0 Å². The summed E-state index contributed by atoms with van der Waals surface area (Å²) in [5, 5.41) is 0. The maximum absolute atomic E-state index is 10.9. The van der Waals surface area contributed by atoms with Gasteiger partial charge in [0.1, 0.15) is 0 Å². The number of primary amides is 1. The maximum atomic E-state index is 10.9. The maximum Gasteiger partial charge on any atom is 0.231 e. The van der Waals surface area contributed by atoms with E-state index >= 15 is 0 Å². The van der Waals surface area contributed by atoms with Crippen molar-refractivity contribution in [1.82, 2.24) is 9.80 Å². The smallest absolute Gasteiger partial charge is 0.231 e. The third-order valence-electron chi connectivity index (χ3n) is 3.87. The summed E-state index contributed by atoms with van der Waals surface area (Å²) in [5.74, 6) is 0.338.